The van der Waals surface area contributed by atoms with Crippen molar-refractivity contribution >= 4 is 0 Å². The lowest BCUT2D eigenvalue weighted by Gasteiger charge is -2.16. The van der Waals surface area contributed by atoms with Crippen molar-refractivity contribution in [2.45, 2.75) is 19.9 Å². The SMILES string of the molecule is CC(Cc1cncnc1-c1ccccn1)Cn1ccnc1-c1ncccc1F. The summed E-state index contributed by atoms with van der Waals surface area (Å²) in [4.78, 5) is 21.4. The van der Waals surface area contributed by atoms with Gasteiger partial charge in [0.25, 0.3) is 0 Å². The lowest BCUT2D eigenvalue weighted by atomic mass is 9.99. The first kappa shape index (κ1) is 17.9. The Balaban J connectivity index is 1.55. The van der Waals surface area contributed by atoms with Gasteiger partial charge in [0.05, 0.1) is 11.4 Å². The fourth-order valence-electron chi connectivity index (χ4n) is 3.24. The minimum absolute atomic E-state index is 0.244. The Bertz CT molecular complexity index is 1060. The van der Waals surface area contributed by atoms with E-state index in [9.17, 15) is 4.39 Å². The molecule has 140 valence electrons. The number of rotatable bonds is 6. The topological polar surface area (TPSA) is 69.4 Å². The molecule has 0 amide bonds. The van der Waals surface area contributed by atoms with E-state index in [4.69, 9.17) is 0 Å². The molecule has 0 spiro atoms. The fourth-order valence-corrected chi connectivity index (χ4v) is 3.24. The van der Waals surface area contributed by atoms with Crippen molar-refractivity contribution in [2.75, 3.05) is 0 Å². The van der Waals surface area contributed by atoms with Crippen LogP contribution in [0.1, 0.15) is 12.5 Å². The molecule has 0 aromatic carbocycles. The third-order valence-electron chi connectivity index (χ3n) is 4.46. The van der Waals surface area contributed by atoms with Crippen molar-refractivity contribution in [3.05, 3.63) is 79.0 Å². The zero-order valence-electron chi connectivity index (χ0n) is 15.4. The molecule has 7 heteroatoms. The molecule has 1 unspecified atom stereocenters. The number of nitrogens with zero attached hydrogens (tertiary/aromatic N) is 6. The summed E-state index contributed by atoms with van der Waals surface area (Å²) in [5.41, 5.74) is 2.95. The zero-order valence-corrected chi connectivity index (χ0v) is 15.4. The summed E-state index contributed by atoms with van der Waals surface area (Å²) in [7, 11) is 0. The van der Waals surface area contributed by atoms with Gasteiger partial charge in [0, 0.05) is 37.5 Å². The highest BCUT2D eigenvalue weighted by atomic mass is 19.1. The minimum Gasteiger partial charge on any atom is -0.329 e. The van der Waals surface area contributed by atoms with Gasteiger partial charge in [-0.15, -0.1) is 0 Å². The number of imidazole rings is 1. The quantitative estimate of drug-likeness (QED) is 0.513. The maximum Gasteiger partial charge on any atom is 0.161 e. The molecule has 4 heterocycles. The normalized spacial score (nSPS) is 12.1. The third kappa shape index (κ3) is 3.78. The van der Waals surface area contributed by atoms with Crippen LogP contribution in [-0.2, 0) is 13.0 Å². The molecular weight excluding hydrogens is 355 g/mol. The Morgan fingerprint density at radius 1 is 0.964 bits per heavy atom. The first-order chi connectivity index (χ1) is 13.7. The van der Waals surface area contributed by atoms with Gasteiger partial charge in [-0.3, -0.25) is 4.98 Å². The van der Waals surface area contributed by atoms with Gasteiger partial charge in [-0.25, -0.2) is 24.3 Å². The van der Waals surface area contributed by atoms with Crippen LogP contribution in [0.4, 0.5) is 4.39 Å². The Morgan fingerprint density at radius 2 is 1.86 bits per heavy atom. The molecule has 1 atom stereocenters. The van der Waals surface area contributed by atoms with Gasteiger partial charge in [-0.2, -0.15) is 0 Å². The summed E-state index contributed by atoms with van der Waals surface area (Å²) in [6.45, 7) is 2.80. The van der Waals surface area contributed by atoms with Crippen LogP contribution in [0.3, 0.4) is 0 Å². The van der Waals surface area contributed by atoms with E-state index in [0.717, 1.165) is 23.4 Å². The number of pyridine rings is 2. The fraction of sp³-hybridized carbons (Fsp3) is 0.190. The molecular formula is C21H19FN6. The average molecular weight is 374 g/mol. The van der Waals surface area contributed by atoms with Gasteiger partial charge in [-0.1, -0.05) is 13.0 Å². The second kappa shape index (κ2) is 8.04. The highest BCUT2D eigenvalue weighted by Gasteiger charge is 2.16. The molecule has 6 nitrogen and oxygen atoms in total. The van der Waals surface area contributed by atoms with Crippen LogP contribution in [-0.4, -0.2) is 29.5 Å². The summed E-state index contributed by atoms with van der Waals surface area (Å²) in [6, 6.07) is 8.73. The van der Waals surface area contributed by atoms with E-state index in [-0.39, 0.29) is 17.4 Å². The Hall–Kier alpha value is -3.48. The maximum atomic E-state index is 14.1. The van der Waals surface area contributed by atoms with Crippen LogP contribution in [0.25, 0.3) is 22.9 Å². The van der Waals surface area contributed by atoms with Gasteiger partial charge in [0.1, 0.15) is 12.0 Å². The van der Waals surface area contributed by atoms with Crippen LogP contribution in [0.5, 0.6) is 0 Å². The van der Waals surface area contributed by atoms with Gasteiger partial charge < -0.3 is 4.57 Å². The predicted octanol–water partition coefficient (Wildman–Crippen LogP) is 3.82. The number of hydrogen-bond donors (Lipinski definition) is 0. The van der Waals surface area contributed by atoms with Crippen molar-refractivity contribution in [2.24, 2.45) is 5.92 Å². The number of halogens is 1. The second-order valence-electron chi connectivity index (χ2n) is 6.66. The Kier molecular flexibility index (Phi) is 5.14. The predicted molar refractivity (Wildman–Crippen MR) is 104 cm³/mol. The molecule has 4 aromatic heterocycles. The van der Waals surface area contributed by atoms with E-state index < -0.39 is 0 Å². The van der Waals surface area contributed by atoms with E-state index in [2.05, 4.69) is 31.8 Å². The van der Waals surface area contributed by atoms with Gasteiger partial charge in [0.2, 0.25) is 0 Å². The van der Waals surface area contributed by atoms with E-state index in [1.807, 2.05) is 35.2 Å². The van der Waals surface area contributed by atoms with Crippen LogP contribution in [0.2, 0.25) is 0 Å². The van der Waals surface area contributed by atoms with Crippen molar-refractivity contribution in [1.82, 2.24) is 29.5 Å². The summed E-state index contributed by atoms with van der Waals surface area (Å²) < 4.78 is 16.0. The minimum atomic E-state index is -0.378. The van der Waals surface area contributed by atoms with Crippen LogP contribution < -0.4 is 0 Å². The largest absolute Gasteiger partial charge is 0.329 e. The summed E-state index contributed by atoms with van der Waals surface area (Å²) >= 11 is 0. The second-order valence-corrected chi connectivity index (χ2v) is 6.66. The number of aromatic nitrogens is 6. The average Bonchev–Trinajstić information content (AvgIpc) is 3.17. The molecule has 0 bridgehead atoms. The highest BCUT2D eigenvalue weighted by Crippen LogP contribution is 2.23. The Labute approximate surface area is 162 Å². The van der Waals surface area contributed by atoms with Crippen LogP contribution in [0, 0.1) is 11.7 Å². The molecule has 0 N–H and O–H groups in total. The smallest absolute Gasteiger partial charge is 0.161 e. The van der Waals surface area contributed by atoms with Crippen LogP contribution in [0.15, 0.2) is 67.6 Å². The molecule has 28 heavy (non-hydrogen) atoms. The van der Waals surface area contributed by atoms with Gasteiger partial charge in [0.15, 0.2) is 11.6 Å². The van der Waals surface area contributed by atoms with E-state index >= 15 is 0 Å². The third-order valence-corrected chi connectivity index (χ3v) is 4.46. The van der Waals surface area contributed by atoms with E-state index in [1.54, 1.807) is 24.7 Å². The van der Waals surface area contributed by atoms with Crippen molar-refractivity contribution < 1.29 is 4.39 Å². The highest BCUT2D eigenvalue weighted by molar-refractivity contribution is 5.57. The first-order valence-electron chi connectivity index (χ1n) is 9.04. The molecule has 0 saturated heterocycles. The molecule has 0 saturated carbocycles. The van der Waals surface area contributed by atoms with E-state index in [0.29, 0.717) is 12.4 Å². The molecule has 0 aliphatic carbocycles. The lowest BCUT2D eigenvalue weighted by molar-refractivity contribution is 0.480. The van der Waals surface area contributed by atoms with Gasteiger partial charge >= 0.3 is 0 Å². The molecule has 4 aromatic rings. The Morgan fingerprint density at radius 3 is 2.68 bits per heavy atom. The number of hydrogen-bond acceptors (Lipinski definition) is 5. The molecule has 4 rings (SSSR count). The summed E-state index contributed by atoms with van der Waals surface area (Å²) in [6.07, 6.45) is 11.0. The molecule has 0 aliphatic heterocycles. The van der Waals surface area contributed by atoms with Crippen molar-refractivity contribution in [3.63, 3.8) is 0 Å². The summed E-state index contributed by atoms with van der Waals surface area (Å²) in [5.74, 6) is 0.392. The van der Waals surface area contributed by atoms with Crippen molar-refractivity contribution in [1.29, 1.82) is 0 Å². The zero-order chi connectivity index (χ0) is 19.3. The maximum absolute atomic E-state index is 14.1. The molecule has 0 aliphatic rings. The standard InChI is InChI=1S/C21H19FN6/c1-15(11-16-12-23-14-27-19(16)18-6-2-3-7-24-18)13-28-10-9-26-21(28)20-17(22)5-4-8-25-20/h2-10,12,14-15H,11,13H2,1H3. The van der Waals surface area contributed by atoms with Crippen molar-refractivity contribution in [3.8, 4) is 22.9 Å². The van der Waals surface area contributed by atoms with Crippen LogP contribution >= 0.6 is 0 Å². The van der Waals surface area contributed by atoms with Gasteiger partial charge in [-0.05, 0) is 42.2 Å². The first-order valence-corrected chi connectivity index (χ1v) is 9.04. The van der Waals surface area contributed by atoms with E-state index in [1.165, 1.54) is 12.4 Å². The molecule has 0 fully saturated rings. The molecule has 0 radical (unpaired) electrons. The monoisotopic (exact) mass is 374 g/mol. The summed E-state index contributed by atoms with van der Waals surface area (Å²) in [5, 5.41) is 0. The lowest BCUT2D eigenvalue weighted by Crippen LogP contribution is -2.12.